The van der Waals surface area contributed by atoms with Gasteiger partial charge in [-0.1, -0.05) is 18.2 Å². The molecule has 3 heteroatoms. The average molecular weight is 269 g/mol. The average Bonchev–Trinajstić information content (AvgIpc) is 2.44. The standard InChI is InChI=1S/C17H19NO2/c1-4-10-19-15-7-5-14-6-8-17(18-16(14)12-15)20-11-9-13(2)3/h4-9,12H,1,10-11H2,2-3H3. The molecule has 0 saturated carbocycles. The van der Waals surface area contributed by atoms with Crippen LogP contribution in [0.3, 0.4) is 0 Å². The van der Waals surface area contributed by atoms with Gasteiger partial charge < -0.3 is 9.47 Å². The summed E-state index contributed by atoms with van der Waals surface area (Å²) in [4.78, 5) is 4.48. The van der Waals surface area contributed by atoms with Gasteiger partial charge in [0, 0.05) is 17.5 Å². The van der Waals surface area contributed by atoms with E-state index in [1.54, 1.807) is 6.08 Å². The van der Waals surface area contributed by atoms with Crippen LogP contribution in [-0.2, 0) is 0 Å². The monoisotopic (exact) mass is 269 g/mol. The van der Waals surface area contributed by atoms with Crippen LogP contribution in [0.5, 0.6) is 11.6 Å². The van der Waals surface area contributed by atoms with Crippen molar-refractivity contribution in [2.45, 2.75) is 13.8 Å². The minimum absolute atomic E-state index is 0.488. The lowest BCUT2D eigenvalue weighted by molar-refractivity contribution is 0.348. The fourth-order valence-corrected chi connectivity index (χ4v) is 1.70. The van der Waals surface area contributed by atoms with Gasteiger partial charge in [-0.25, -0.2) is 4.98 Å². The molecule has 0 saturated heterocycles. The maximum Gasteiger partial charge on any atom is 0.214 e. The molecule has 0 aliphatic heterocycles. The Bertz CT molecular complexity index is 628. The summed E-state index contributed by atoms with van der Waals surface area (Å²) in [5, 5.41) is 1.06. The predicted molar refractivity (Wildman–Crippen MR) is 82.4 cm³/mol. The first-order chi connectivity index (χ1) is 9.69. The Balaban J connectivity index is 2.17. The molecule has 1 heterocycles. The van der Waals surface area contributed by atoms with E-state index in [9.17, 15) is 0 Å². The van der Waals surface area contributed by atoms with Crippen molar-refractivity contribution in [2.75, 3.05) is 13.2 Å². The van der Waals surface area contributed by atoms with Crippen LogP contribution in [0.4, 0.5) is 0 Å². The Kier molecular flexibility index (Phi) is 4.77. The number of hydrogen-bond donors (Lipinski definition) is 0. The number of allylic oxidation sites excluding steroid dienone is 1. The molecule has 2 aromatic rings. The molecule has 0 amide bonds. The Hall–Kier alpha value is -2.29. The van der Waals surface area contributed by atoms with Crippen molar-refractivity contribution in [3.05, 3.63) is 54.6 Å². The van der Waals surface area contributed by atoms with Crippen molar-refractivity contribution in [1.82, 2.24) is 4.98 Å². The third-order valence-corrected chi connectivity index (χ3v) is 2.73. The topological polar surface area (TPSA) is 31.4 Å². The molecular weight excluding hydrogens is 250 g/mol. The number of hydrogen-bond acceptors (Lipinski definition) is 3. The second kappa shape index (κ2) is 6.75. The first-order valence-corrected chi connectivity index (χ1v) is 6.59. The van der Waals surface area contributed by atoms with E-state index in [0.717, 1.165) is 16.7 Å². The van der Waals surface area contributed by atoms with Crippen LogP contribution in [-0.4, -0.2) is 18.2 Å². The van der Waals surface area contributed by atoms with Crippen LogP contribution in [0.2, 0.25) is 0 Å². The molecule has 3 nitrogen and oxygen atoms in total. The Morgan fingerprint density at radius 3 is 2.70 bits per heavy atom. The first-order valence-electron chi connectivity index (χ1n) is 6.59. The van der Waals surface area contributed by atoms with Gasteiger partial charge in [0.2, 0.25) is 5.88 Å². The molecule has 1 aromatic heterocycles. The van der Waals surface area contributed by atoms with E-state index >= 15 is 0 Å². The minimum Gasteiger partial charge on any atom is -0.489 e. The molecule has 0 fully saturated rings. The van der Waals surface area contributed by atoms with Crippen molar-refractivity contribution in [2.24, 2.45) is 0 Å². The molecule has 0 atom stereocenters. The highest BCUT2D eigenvalue weighted by atomic mass is 16.5. The summed E-state index contributed by atoms with van der Waals surface area (Å²) in [5.41, 5.74) is 2.09. The van der Waals surface area contributed by atoms with E-state index in [1.165, 1.54) is 5.57 Å². The summed E-state index contributed by atoms with van der Waals surface area (Å²) < 4.78 is 11.1. The largest absolute Gasteiger partial charge is 0.489 e. The summed E-state index contributed by atoms with van der Waals surface area (Å²) in [5.74, 6) is 1.40. The molecule has 1 aromatic carbocycles. The molecule has 0 bridgehead atoms. The van der Waals surface area contributed by atoms with Crippen LogP contribution in [0.15, 0.2) is 54.6 Å². The predicted octanol–water partition coefficient (Wildman–Crippen LogP) is 4.14. The van der Waals surface area contributed by atoms with Crippen molar-refractivity contribution in [1.29, 1.82) is 0 Å². The number of pyridine rings is 1. The number of nitrogens with zero attached hydrogens (tertiary/aromatic N) is 1. The van der Waals surface area contributed by atoms with Gasteiger partial charge in [-0.3, -0.25) is 0 Å². The smallest absolute Gasteiger partial charge is 0.214 e. The van der Waals surface area contributed by atoms with E-state index in [4.69, 9.17) is 9.47 Å². The van der Waals surface area contributed by atoms with Gasteiger partial charge in [-0.2, -0.15) is 0 Å². The van der Waals surface area contributed by atoms with E-state index in [1.807, 2.05) is 50.3 Å². The molecule has 0 aliphatic rings. The molecule has 104 valence electrons. The zero-order valence-corrected chi connectivity index (χ0v) is 11.9. The summed E-state index contributed by atoms with van der Waals surface area (Å²) in [6.07, 6.45) is 3.74. The van der Waals surface area contributed by atoms with E-state index in [2.05, 4.69) is 11.6 Å². The highest BCUT2D eigenvalue weighted by Crippen LogP contribution is 2.22. The molecule has 0 unspecified atom stereocenters. The van der Waals surface area contributed by atoms with Crippen molar-refractivity contribution >= 4 is 10.9 Å². The zero-order valence-electron chi connectivity index (χ0n) is 11.9. The van der Waals surface area contributed by atoms with Crippen LogP contribution >= 0.6 is 0 Å². The van der Waals surface area contributed by atoms with Crippen LogP contribution in [0.25, 0.3) is 10.9 Å². The lowest BCUT2D eigenvalue weighted by Crippen LogP contribution is -1.97. The third kappa shape index (κ3) is 3.85. The van der Waals surface area contributed by atoms with Crippen molar-refractivity contribution in [3.8, 4) is 11.6 Å². The molecule has 0 spiro atoms. The molecule has 0 N–H and O–H groups in total. The summed E-state index contributed by atoms with van der Waals surface area (Å²) in [6.45, 7) is 8.74. The lowest BCUT2D eigenvalue weighted by Gasteiger charge is -2.07. The highest BCUT2D eigenvalue weighted by molar-refractivity contribution is 5.80. The molecule has 2 rings (SSSR count). The summed E-state index contributed by atoms with van der Waals surface area (Å²) >= 11 is 0. The second-order valence-electron chi connectivity index (χ2n) is 4.70. The lowest BCUT2D eigenvalue weighted by atomic mass is 10.2. The van der Waals surface area contributed by atoms with Gasteiger partial charge >= 0.3 is 0 Å². The second-order valence-corrected chi connectivity index (χ2v) is 4.70. The van der Waals surface area contributed by atoms with Crippen LogP contribution < -0.4 is 9.47 Å². The molecular formula is C17H19NO2. The van der Waals surface area contributed by atoms with Crippen LogP contribution in [0, 0.1) is 0 Å². The number of aromatic nitrogens is 1. The van der Waals surface area contributed by atoms with Gasteiger partial charge in [-0.15, -0.1) is 0 Å². The minimum atomic E-state index is 0.488. The van der Waals surface area contributed by atoms with Crippen LogP contribution in [0.1, 0.15) is 13.8 Å². The number of ether oxygens (including phenoxy) is 2. The summed E-state index contributed by atoms with van der Waals surface area (Å²) in [7, 11) is 0. The number of benzene rings is 1. The molecule has 0 radical (unpaired) electrons. The van der Waals surface area contributed by atoms with E-state index in [0.29, 0.717) is 19.1 Å². The zero-order chi connectivity index (χ0) is 14.4. The normalized spacial score (nSPS) is 10.1. The quantitative estimate of drug-likeness (QED) is 0.738. The van der Waals surface area contributed by atoms with Gasteiger partial charge in [-0.05, 0) is 38.1 Å². The Labute approximate surface area is 119 Å². The van der Waals surface area contributed by atoms with Gasteiger partial charge in [0.15, 0.2) is 0 Å². The van der Waals surface area contributed by atoms with Gasteiger partial charge in [0.1, 0.15) is 19.0 Å². The van der Waals surface area contributed by atoms with Gasteiger partial charge in [0.25, 0.3) is 0 Å². The fraction of sp³-hybridized carbons (Fsp3) is 0.235. The summed E-state index contributed by atoms with van der Waals surface area (Å²) in [6, 6.07) is 9.70. The van der Waals surface area contributed by atoms with E-state index in [-0.39, 0.29) is 0 Å². The Morgan fingerprint density at radius 1 is 1.15 bits per heavy atom. The highest BCUT2D eigenvalue weighted by Gasteiger charge is 2.01. The molecule has 0 aliphatic carbocycles. The first kappa shape index (κ1) is 14.1. The fourth-order valence-electron chi connectivity index (χ4n) is 1.70. The number of rotatable bonds is 6. The maximum atomic E-state index is 5.60. The number of fused-ring (bicyclic) bond motifs is 1. The van der Waals surface area contributed by atoms with E-state index < -0.39 is 0 Å². The van der Waals surface area contributed by atoms with Crippen molar-refractivity contribution in [3.63, 3.8) is 0 Å². The Morgan fingerprint density at radius 2 is 1.95 bits per heavy atom. The third-order valence-electron chi connectivity index (χ3n) is 2.73. The van der Waals surface area contributed by atoms with Crippen molar-refractivity contribution < 1.29 is 9.47 Å². The maximum absolute atomic E-state index is 5.60. The SMILES string of the molecule is C=CCOc1ccc2ccc(OCC=C(C)C)nc2c1. The van der Waals surface area contributed by atoms with Gasteiger partial charge in [0.05, 0.1) is 5.52 Å². The molecule has 20 heavy (non-hydrogen) atoms.